The molecule has 1 aliphatic heterocycles. The summed E-state index contributed by atoms with van der Waals surface area (Å²) in [6, 6.07) is 0. The lowest BCUT2D eigenvalue weighted by molar-refractivity contribution is -0.237. The lowest BCUT2D eigenvalue weighted by Crippen LogP contribution is -2.61. The van der Waals surface area contributed by atoms with Gasteiger partial charge in [0, 0.05) is 27.7 Å². The van der Waals surface area contributed by atoms with Gasteiger partial charge in [0.2, 0.25) is 0 Å². The highest BCUT2D eigenvalue weighted by atomic mass is 32.2. The second kappa shape index (κ2) is 12.4. The lowest BCUT2D eigenvalue weighted by atomic mass is 9.92. The van der Waals surface area contributed by atoms with E-state index in [1.54, 1.807) is 0 Å². The van der Waals surface area contributed by atoms with Gasteiger partial charge in [0.05, 0.1) is 23.1 Å². The Morgan fingerprint density at radius 2 is 1.30 bits per heavy atom. The van der Waals surface area contributed by atoms with E-state index in [2.05, 4.69) is 0 Å². The average molecular weight is 583 g/mol. The van der Waals surface area contributed by atoms with Crippen molar-refractivity contribution in [3.8, 4) is 17.2 Å². The van der Waals surface area contributed by atoms with Gasteiger partial charge in [-0.2, -0.15) is 0 Å². The zero-order valence-electron chi connectivity index (χ0n) is 22.0. The third-order valence-corrected chi connectivity index (χ3v) is 6.85. The molecule has 3 rings (SSSR count). The van der Waals surface area contributed by atoms with Crippen LogP contribution in [0.5, 0.6) is 17.2 Å². The summed E-state index contributed by atoms with van der Waals surface area (Å²) in [7, 11) is 1.13. The van der Waals surface area contributed by atoms with Crippen molar-refractivity contribution >= 4 is 47.2 Å². The molecule has 0 radical (unpaired) electrons. The molecule has 1 aromatic carbocycles. The SMILES string of the molecule is COc1c(O)c2c(c(O)c1S[C@@H]1O[C@H](COC(C)=O)[C@@H](OC(C)=O)[C@H](OC(C)=O)[C@H]1OC(C)=O)C(=O)C=CC2=O. The number of ketones is 2. The molecule has 1 saturated heterocycles. The van der Waals surface area contributed by atoms with Crippen molar-refractivity contribution in [2.24, 2.45) is 0 Å². The number of allylic oxidation sites excluding steroid dienone is 2. The number of methoxy groups -OCH3 is 1. The van der Waals surface area contributed by atoms with E-state index in [1.165, 1.54) is 0 Å². The molecule has 2 aliphatic rings. The standard InChI is InChI=1S/C25H26O14S/c1-9(26)35-8-15-20(36-10(2)27)22(37-11(3)28)23(38-12(4)29)25(39-15)40-24-19(33)17-14(31)7-6-13(30)16(17)18(32)21(24)34-5/h6-7,15,20,22-23,25,32-33H,8H2,1-5H3/t15-,20-,22+,23-,25+/m1/s1. The highest BCUT2D eigenvalue weighted by Crippen LogP contribution is 2.52. The van der Waals surface area contributed by atoms with Gasteiger partial charge < -0.3 is 38.6 Å². The molecule has 216 valence electrons. The Morgan fingerprint density at radius 3 is 1.80 bits per heavy atom. The highest BCUT2D eigenvalue weighted by molar-refractivity contribution is 8.00. The average Bonchev–Trinajstić information content (AvgIpc) is 2.85. The van der Waals surface area contributed by atoms with Gasteiger partial charge in [-0.25, -0.2) is 0 Å². The quantitative estimate of drug-likeness (QED) is 0.252. The van der Waals surface area contributed by atoms with Crippen LogP contribution in [0.1, 0.15) is 48.4 Å². The van der Waals surface area contributed by atoms with Gasteiger partial charge >= 0.3 is 23.9 Å². The third-order valence-electron chi connectivity index (χ3n) is 5.63. The van der Waals surface area contributed by atoms with Crippen molar-refractivity contribution in [1.29, 1.82) is 0 Å². The maximum absolute atomic E-state index is 12.6. The maximum atomic E-state index is 12.6. The van der Waals surface area contributed by atoms with Gasteiger partial charge in [0.25, 0.3) is 0 Å². The van der Waals surface area contributed by atoms with Gasteiger partial charge in [-0.1, -0.05) is 11.8 Å². The summed E-state index contributed by atoms with van der Waals surface area (Å²) in [6.45, 7) is 3.80. The number of fused-ring (bicyclic) bond motifs is 1. The van der Waals surface area contributed by atoms with E-state index in [0.717, 1.165) is 47.0 Å². The van der Waals surface area contributed by atoms with Crippen molar-refractivity contribution in [2.75, 3.05) is 13.7 Å². The minimum absolute atomic E-state index is 0.295. The topological polar surface area (TPSA) is 198 Å². The van der Waals surface area contributed by atoms with Crippen LogP contribution < -0.4 is 4.74 Å². The Balaban J connectivity index is 2.18. The fraction of sp³-hybridized carbons (Fsp3) is 0.440. The minimum atomic E-state index is -1.51. The van der Waals surface area contributed by atoms with Crippen molar-refractivity contribution in [3.05, 3.63) is 23.3 Å². The lowest BCUT2D eigenvalue weighted by Gasteiger charge is -2.44. The van der Waals surface area contributed by atoms with E-state index in [1.807, 2.05) is 0 Å². The molecular weight excluding hydrogens is 556 g/mol. The minimum Gasteiger partial charge on any atom is -0.506 e. The molecule has 1 fully saturated rings. The van der Waals surface area contributed by atoms with Gasteiger partial charge in [-0.3, -0.25) is 28.8 Å². The van der Waals surface area contributed by atoms with Crippen LogP contribution in [0, 0.1) is 0 Å². The largest absolute Gasteiger partial charge is 0.506 e. The number of thioether (sulfide) groups is 1. The smallest absolute Gasteiger partial charge is 0.303 e. The predicted octanol–water partition coefficient (Wildman–Crippen LogP) is 1.22. The van der Waals surface area contributed by atoms with Crippen LogP contribution >= 0.6 is 11.8 Å². The Labute approximate surface area is 231 Å². The fourth-order valence-electron chi connectivity index (χ4n) is 4.18. The molecule has 5 atom stereocenters. The summed E-state index contributed by atoms with van der Waals surface area (Å²) in [4.78, 5) is 72.2. The number of esters is 4. The van der Waals surface area contributed by atoms with Gasteiger partial charge in [0.1, 0.15) is 23.9 Å². The Morgan fingerprint density at radius 1 is 0.800 bits per heavy atom. The first-order valence-electron chi connectivity index (χ1n) is 11.7. The van der Waals surface area contributed by atoms with Crippen LogP contribution in [0.15, 0.2) is 17.0 Å². The molecule has 0 amide bonds. The van der Waals surface area contributed by atoms with Crippen LogP contribution in [0.4, 0.5) is 0 Å². The Bertz CT molecular complexity index is 1280. The molecule has 15 heteroatoms. The number of rotatable bonds is 8. The Hall–Kier alpha value is -4.11. The summed E-state index contributed by atoms with van der Waals surface area (Å²) >= 11 is 0.578. The molecule has 0 spiro atoms. The first kappa shape index (κ1) is 30.4. The van der Waals surface area contributed by atoms with Gasteiger partial charge in [-0.05, 0) is 12.2 Å². The van der Waals surface area contributed by atoms with Crippen LogP contribution in [0.25, 0.3) is 0 Å². The number of phenols is 2. The number of carbonyl (C=O) groups is 6. The van der Waals surface area contributed by atoms with E-state index >= 15 is 0 Å². The maximum Gasteiger partial charge on any atom is 0.303 e. The summed E-state index contributed by atoms with van der Waals surface area (Å²) < 4.78 is 32.3. The van der Waals surface area contributed by atoms with E-state index in [9.17, 15) is 39.0 Å². The highest BCUT2D eigenvalue weighted by Gasteiger charge is 2.53. The van der Waals surface area contributed by atoms with Gasteiger partial charge in [0.15, 0.2) is 41.4 Å². The number of hydrogen-bond acceptors (Lipinski definition) is 15. The second-order valence-electron chi connectivity index (χ2n) is 8.56. The molecule has 2 N–H and O–H groups in total. The molecule has 1 aliphatic carbocycles. The number of benzene rings is 1. The summed E-state index contributed by atoms with van der Waals surface area (Å²) in [5.74, 6) is -6.68. The van der Waals surface area contributed by atoms with E-state index in [-0.39, 0.29) is 4.90 Å². The number of phenolic OH excluding ortho intramolecular Hbond substituents is 2. The predicted molar refractivity (Wildman–Crippen MR) is 132 cm³/mol. The summed E-state index contributed by atoms with van der Waals surface area (Å²) in [5, 5.41) is 21.9. The van der Waals surface area contributed by atoms with Crippen LogP contribution in [-0.4, -0.2) is 89.2 Å². The third kappa shape index (κ3) is 6.37. The van der Waals surface area contributed by atoms with E-state index in [0.29, 0.717) is 11.8 Å². The zero-order chi connectivity index (χ0) is 29.9. The molecule has 0 bridgehead atoms. The molecule has 40 heavy (non-hydrogen) atoms. The summed E-state index contributed by atoms with van der Waals surface area (Å²) in [5.41, 5.74) is -2.39. The normalized spacial score (nSPS) is 23.6. The molecule has 0 saturated carbocycles. The van der Waals surface area contributed by atoms with E-state index in [4.69, 9.17) is 28.4 Å². The second-order valence-corrected chi connectivity index (χ2v) is 9.67. The molecular formula is C25H26O14S. The molecule has 1 heterocycles. The van der Waals surface area contributed by atoms with Crippen molar-refractivity contribution in [3.63, 3.8) is 0 Å². The number of hydrogen-bond donors (Lipinski definition) is 2. The van der Waals surface area contributed by atoms with Crippen molar-refractivity contribution < 1.29 is 67.4 Å². The zero-order valence-corrected chi connectivity index (χ0v) is 22.8. The molecule has 0 unspecified atom stereocenters. The van der Waals surface area contributed by atoms with Gasteiger partial charge in [-0.15, -0.1) is 0 Å². The number of carbonyl (C=O) groups excluding carboxylic acids is 6. The van der Waals surface area contributed by atoms with Crippen LogP contribution in [0.2, 0.25) is 0 Å². The van der Waals surface area contributed by atoms with E-state index < -0.39 is 100 Å². The fourth-order valence-corrected chi connectivity index (χ4v) is 5.45. The molecule has 14 nitrogen and oxygen atoms in total. The monoisotopic (exact) mass is 582 g/mol. The molecule has 0 aromatic heterocycles. The summed E-state index contributed by atoms with van der Waals surface area (Å²) in [6.07, 6.45) is -3.87. The van der Waals surface area contributed by atoms with Crippen molar-refractivity contribution in [2.45, 2.75) is 62.4 Å². The van der Waals surface area contributed by atoms with Crippen LogP contribution in [0.3, 0.4) is 0 Å². The molecule has 1 aromatic rings. The van der Waals surface area contributed by atoms with Crippen molar-refractivity contribution in [1.82, 2.24) is 0 Å². The van der Waals surface area contributed by atoms with Crippen LogP contribution in [-0.2, 0) is 42.9 Å². The first-order chi connectivity index (χ1) is 18.8. The Kier molecular flexibility index (Phi) is 9.42. The first-order valence-corrected chi connectivity index (χ1v) is 12.5. The number of ether oxygens (including phenoxy) is 6. The number of aromatic hydroxyl groups is 2.